The van der Waals surface area contributed by atoms with Crippen LogP contribution in [0, 0.1) is 11.3 Å². The monoisotopic (exact) mass is 378 g/mol. The molecule has 3 aromatic rings. The topological polar surface area (TPSA) is 79.8 Å². The predicted molar refractivity (Wildman–Crippen MR) is 106 cm³/mol. The van der Waals surface area contributed by atoms with E-state index in [1.165, 1.54) is 18.7 Å². The Bertz CT molecular complexity index is 1110. The van der Waals surface area contributed by atoms with Gasteiger partial charge < -0.3 is 5.32 Å². The first-order valence-electron chi connectivity index (χ1n) is 8.27. The first-order chi connectivity index (χ1) is 13.0. The van der Waals surface area contributed by atoms with Crippen LogP contribution in [0.4, 0.5) is 5.82 Å². The number of rotatable bonds is 5. The third kappa shape index (κ3) is 3.96. The van der Waals surface area contributed by atoms with E-state index in [2.05, 4.69) is 17.4 Å². The molecule has 0 aliphatic heterocycles. The van der Waals surface area contributed by atoms with Crippen molar-refractivity contribution in [1.29, 1.82) is 5.26 Å². The van der Waals surface area contributed by atoms with Crippen molar-refractivity contribution in [2.75, 3.05) is 5.32 Å². The van der Waals surface area contributed by atoms with Crippen molar-refractivity contribution in [2.24, 2.45) is 14.1 Å². The zero-order valence-electron chi connectivity index (χ0n) is 15.0. The van der Waals surface area contributed by atoms with E-state index in [4.69, 9.17) is 0 Å². The van der Waals surface area contributed by atoms with Gasteiger partial charge in [-0.3, -0.25) is 13.9 Å². The summed E-state index contributed by atoms with van der Waals surface area (Å²) < 4.78 is 2.21. The molecule has 0 saturated carbocycles. The van der Waals surface area contributed by atoms with Gasteiger partial charge >= 0.3 is 5.69 Å². The van der Waals surface area contributed by atoms with E-state index in [1.54, 1.807) is 11.8 Å². The molecule has 27 heavy (non-hydrogen) atoms. The lowest BCUT2D eigenvalue weighted by Crippen LogP contribution is -2.39. The Balaban J connectivity index is 1.77. The lowest BCUT2D eigenvalue weighted by Gasteiger charge is -2.14. The third-order valence-corrected chi connectivity index (χ3v) is 5.15. The molecule has 0 aliphatic rings. The van der Waals surface area contributed by atoms with Crippen molar-refractivity contribution in [3.8, 4) is 6.07 Å². The van der Waals surface area contributed by atoms with Crippen LogP contribution in [0.25, 0.3) is 0 Å². The summed E-state index contributed by atoms with van der Waals surface area (Å²) >= 11 is 1.67. The van der Waals surface area contributed by atoms with Crippen LogP contribution in [-0.4, -0.2) is 9.13 Å². The van der Waals surface area contributed by atoms with Crippen molar-refractivity contribution >= 4 is 17.6 Å². The Morgan fingerprint density at radius 2 is 1.59 bits per heavy atom. The van der Waals surface area contributed by atoms with Gasteiger partial charge in [-0.15, -0.1) is 0 Å². The van der Waals surface area contributed by atoms with Crippen molar-refractivity contribution in [3.05, 3.63) is 86.6 Å². The molecule has 3 rings (SSSR count). The standard InChI is InChI=1S/C20H18N4O2S/c1-23-18(17(12-21)19(25)24(2)20(23)26)22-13-14-8-10-16(11-9-14)27-15-6-4-3-5-7-15/h3-11,22H,13H2,1-2H3. The van der Waals surface area contributed by atoms with Crippen LogP contribution in [0.5, 0.6) is 0 Å². The molecule has 0 amide bonds. The summed E-state index contributed by atoms with van der Waals surface area (Å²) in [5.74, 6) is 0.230. The van der Waals surface area contributed by atoms with E-state index in [0.29, 0.717) is 6.54 Å². The maximum Gasteiger partial charge on any atom is 0.332 e. The second kappa shape index (κ2) is 7.98. The van der Waals surface area contributed by atoms with Crippen molar-refractivity contribution in [3.63, 3.8) is 0 Å². The van der Waals surface area contributed by atoms with Gasteiger partial charge in [0.2, 0.25) is 0 Å². The Kier molecular flexibility index (Phi) is 5.48. The molecule has 0 saturated heterocycles. The highest BCUT2D eigenvalue weighted by molar-refractivity contribution is 7.99. The summed E-state index contributed by atoms with van der Waals surface area (Å²) in [6.45, 7) is 0.394. The zero-order chi connectivity index (χ0) is 19.4. The molecule has 0 fully saturated rings. The molecule has 0 unspecified atom stereocenters. The predicted octanol–water partition coefficient (Wildman–Crippen LogP) is 2.72. The first-order valence-corrected chi connectivity index (χ1v) is 9.08. The molecule has 136 valence electrons. The maximum absolute atomic E-state index is 12.1. The van der Waals surface area contributed by atoms with Crippen LogP contribution >= 0.6 is 11.8 Å². The Morgan fingerprint density at radius 1 is 0.963 bits per heavy atom. The minimum absolute atomic E-state index is 0.0733. The summed E-state index contributed by atoms with van der Waals surface area (Å²) in [5, 5.41) is 12.3. The fourth-order valence-electron chi connectivity index (χ4n) is 2.64. The van der Waals surface area contributed by atoms with E-state index >= 15 is 0 Å². The van der Waals surface area contributed by atoms with Gasteiger partial charge in [0.15, 0.2) is 5.56 Å². The Hall–Kier alpha value is -3.24. The minimum Gasteiger partial charge on any atom is -0.366 e. The molecule has 7 heteroatoms. The van der Waals surface area contributed by atoms with Crippen LogP contribution < -0.4 is 16.6 Å². The minimum atomic E-state index is -0.599. The quantitative estimate of drug-likeness (QED) is 0.738. The average Bonchev–Trinajstić information content (AvgIpc) is 2.70. The van der Waals surface area contributed by atoms with E-state index in [9.17, 15) is 14.9 Å². The normalized spacial score (nSPS) is 10.4. The summed E-state index contributed by atoms with van der Waals surface area (Å²) in [4.78, 5) is 26.5. The number of nitrogens with zero attached hydrogens (tertiary/aromatic N) is 3. The van der Waals surface area contributed by atoms with Crippen LogP contribution in [0.1, 0.15) is 11.1 Å². The van der Waals surface area contributed by atoms with Gasteiger partial charge in [-0.05, 0) is 29.8 Å². The molecular weight excluding hydrogens is 360 g/mol. The summed E-state index contributed by atoms with van der Waals surface area (Å²) in [5.41, 5.74) is -0.172. The van der Waals surface area contributed by atoms with Gasteiger partial charge in [0.05, 0.1) is 0 Å². The third-order valence-electron chi connectivity index (χ3n) is 4.14. The molecular formula is C20H18N4O2S. The highest BCUT2D eigenvalue weighted by Gasteiger charge is 2.15. The van der Waals surface area contributed by atoms with Gasteiger partial charge in [0.1, 0.15) is 11.9 Å². The lowest BCUT2D eigenvalue weighted by molar-refractivity contribution is 0.685. The van der Waals surface area contributed by atoms with Gasteiger partial charge in [-0.2, -0.15) is 5.26 Å². The number of hydrogen-bond acceptors (Lipinski definition) is 5. The lowest BCUT2D eigenvalue weighted by atomic mass is 10.2. The highest BCUT2D eigenvalue weighted by atomic mass is 32.2. The molecule has 0 spiro atoms. The number of nitrogens with one attached hydrogen (secondary N) is 1. The van der Waals surface area contributed by atoms with Gasteiger partial charge in [-0.1, -0.05) is 42.1 Å². The number of anilines is 1. The van der Waals surface area contributed by atoms with Gasteiger partial charge in [0, 0.05) is 30.4 Å². The van der Waals surface area contributed by atoms with E-state index in [1.807, 2.05) is 48.5 Å². The van der Waals surface area contributed by atoms with E-state index < -0.39 is 11.2 Å². The van der Waals surface area contributed by atoms with Gasteiger partial charge in [0.25, 0.3) is 5.56 Å². The molecule has 0 bridgehead atoms. The molecule has 0 aliphatic carbocycles. The summed E-state index contributed by atoms with van der Waals surface area (Å²) in [6.07, 6.45) is 0. The van der Waals surface area contributed by atoms with Crippen LogP contribution in [0.2, 0.25) is 0 Å². The molecule has 1 heterocycles. The number of benzene rings is 2. The van der Waals surface area contributed by atoms with Crippen molar-refractivity contribution in [2.45, 2.75) is 16.3 Å². The van der Waals surface area contributed by atoms with Gasteiger partial charge in [-0.25, -0.2) is 4.79 Å². The second-order valence-corrected chi connectivity index (χ2v) is 7.10. The average molecular weight is 378 g/mol. The number of hydrogen-bond donors (Lipinski definition) is 1. The smallest absolute Gasteiger partial charge is 0.332 e. The van der Waals surface area contributed by atoms with Crippen molar-refractivity contribution in [1.82, 2.24) is 9.13 Å². The Morgan fingerprint density at radius 3 is 2.22 bits per heavy atom. The molecule has 0 radical (unpaired) electrons. The highest BCUT2D eigenvalue weighted by Crippen LogP contribution is 2.27. The van der Waals surface area contributed by atoms with E-state index in [-0.39, 0.29) is 11.4 Å². The SMILES string of the molecule is Cn1c(NCc2ccc(Sc3ccccc3)cc2)c(C#N)c(=O)n(C)c1=O. The molecule has 0 atom stereocenters. The van der Waals surface area contributed by atoms with Crippen LogP contribution in [0.3, 0.4) is 0 Å². The van der Waals surface area contributed by atoms with Crippen LogP contribution in [0.15, 0.2) is 74.0 Å². The molecule has 1 aromatic heterocycles. The fraction of sp³-hybridized carbons (Fsp3) is 0.150. The van der Waals surface area contributed by atoms with E-state index in [0.717, 1.165) is 19.9 Å². The fourth-order valence-corrected chi connectivity index (χ4v) is 3.48. The largest absolute Gasteiger partial charge is 0.366 e. The summed E-state index contributed by atoms with van der Waals surface area (Å²) in [7, 11) is 2.89. The summed E-state index contributed by atoms with van der Waals surface area (Å²) in [6, 6.07) is 20.0. The number of aromatic nitrogens is 2. The molecule has 1 N–H and O–H groups in total. The zero-order valence-corrected chi connectivity index (χ0v) is 15.8. The number of nitriles is 1. The van der Waals surface area contributed by atoms with Crippen LogP contribution in [-0.2, 0) is 20.6 Å². The Labute approximate surface area is 160 Å². The maximum atomic E-state index is 12.1. The molecule has 6 nitrogen and oxygen atoms in total. The second-order valence-electron chi connectivity index (χ2n) is 5.95. The molecule has 2 aromatic carbocycles. The first kappa shape index (κ1) is 18.5. The van der Waals surface area contributed by atoms with Crippen molar-refractivity contribution < 1.29 is 0 Å².